The first-order valence-corrected chi connectivity index (χ1v) is 5.01. The first kappa shape index (κ1) is 14.2. The molecule has 1 aromatic rings. The molecule has 0 amide bonds. The number of nitrogens with one attached hydrogen (secondary N) is 1. The summed E-state index contributed by atoms with van der Waals surface area (Å²) >= 11 is 0. The smallest absolute Gasteiger partial charge is 0.351 e. The van der Waals surface area contributed by atoms with Gasteiger partial charge in [-0.1, -0.05) is 17.7 Å². The molecule has 0 saturated heterocycles. The third-order valence-corrected chi connectivity index (χ3v) is 1.66. The summed E-state index contributed by atoms with van der Waals surface area (Å²) in [6.45, 7) is 5.49. The van der Waals surface area contributed by atoms with Crippen LogP contribution < -0.4 is 5.73 Å². The zero-order valence-electron chi connectivity index (χ0n) is 9.91. The van der Waals surface area contributed by atoms with Gasteiger partial charge in [0.15, 0.2) is 0 Å². The molecular weight excluding hydrogens is 204 g/mol. The number of aryl methyl sites for hydroxylation is 1. The number of hydrogen-bond acceptors (Lipinski definition) is 4. The SMILES string of the molecule is CCOC(=O)C(C)=N.Cc1ccc(N)cc1. The Morgan fingerprint density at radius 3 is 2.12 bits per heavy atom. The molecule has 0 aromatic heterocycles. The van der Waals surface area contributed by atoms with Gasteiger partial charge in [-0.05, 0) is 32.9 Å². The largest absolute Gasteiger partial charge is 0.462 e. The molecule has 0 aliphatic rings. The van der Waals surface area contributed by atoms with E-state index in [1.807, 2.05) is 31.2 Å². The summed E-state index contributed by atoms with van der Waals surface area (Å²) in [6, 6.07) is 7.79. The average molecular weight is 222 g/mol. The fraction of sp³-hybridized carbons (Fsp3) is 0.333. The van der Waals surface area contributed by atoms with Crippen LogP contribution in [0.25, 0.3) is 0 Å². The van der Waals surface area contributed by atoms with Crippen LogP contribution in [0.5, 0.6) is 0 Å². The van der Waals surface area contributed by atoms with Crippen molar-refractivity contribution >= 4 is 17.4 Å². The molecule has 3 N–H and O–H groups in total. The van der Waals surface area contributed by atoms with E-state index in [0.29, 0.717) is 6.61 Å². The third-order valence-electron chi connectivity index (χ3n) is 1.66. The number of anilines is 1. The second-order valence-electron chi connectivity index (χ2n) is 3.26. The monoisotopic (exact) mass is 222 g/mol. The highest BCUT2D eigenvalue weighted by atomic mass is 16.5. The minimum atomic E-state index is -0.535. The molecule has 0 unspecified atom stereocenters. The second-order valence-corrected chi connectivity index (χ2v) is 3.26. The zero-order chi connectivity index (χ0) is 12.6. The Morgan fingerprint density at radius 2 is 1.88 bits per heavy atom. The van der Waals surface area contributed by atoms with E-state index in [0.717, 1.165) is 5.69 Å². The topological polar surface area (TPSA) is 76.2 Å². The van der Waals surface area contributed by atoms with Crippen molar-refractivity contribution in [3.63, 3.8) is 0 Å². The van der Waals surface area contributed by atoms with E-state index in [1.54, 1.807) is 6.92 Å². The number of benzene rings is 1. The molecule has 0 spiro atoms. The molecule has 0 radical (unpaired) electrons. The first-order valence-electron chi connectivity index (χ1n) is 5.01. The molecule has 16 heavy (non-hydrogen) atoms. The number of rotatable bonds is 2. The fourth-order valence-corrected chi connectivity index (χ4v) is 0.806. The summed E-state index contributed by atoms with van der Waals surface area (Å²) in [5.41, 5.74) is 7.46. The summed E-state index contributed by atoms with van der Waals surface area (Å²) in [6.07, 6.45) is 0. The number of carbonyl (C=O) groups excluding carboxylic acids is 1. The van der Waals surface area contributed by atoms with Gasteiger partial charge in [0.25, 0.3) is 0 Å². The van der Waals surface area contributed by atoms with Gasteiger partial charge >= 0.3 is 5.97 Å². The summed E-state index contributed by atoms with van der Waals surface area (Å²) < 4.78 is 4.44. The highest BCUT2D eigenvalue weighted by Crippen LogP contribution is 2.02. The van der Waals surface area contributed by atoms with Crippen molar-refractivity contribution in [3.8, 4) is 0 Å². The van der Waals surface area contributed by atoms with Gasteiger partial charge in [-0.15, -0.1) is 0 Å². The van der Waals surface area contributed by atoms with Crippen LogP contribution in [0, 0.1) is 12.3 Å². The minimum absolute atomic E-state index is 0.0492. The molecule has 4 heteroatoms. The maximum atomic E-state index is 10.3. The van der Waals surface area contributed by atoms with Gasteiger partial charge in [-0.2, -0.15) is 0 Å². The van der Waals surface area contributed by atoms with Crippen LogP contribution >= 0.6 is 0 Å². The van der Waals surface area contributed by atoms with Crippen molar-refractivity contribution in [2.45, 2.75) is 20.8 Å². The van der Waals surface area contributed by atoms with Crippen LogP contribution in [0.2, 0.25) is 0 Å². The van der Waals surface area contributed by atoms with Crippen molar-refractivity contribution in [1.29, 1.82) is 5.41 Å². The maximum absolute atomic E-state index is 10.3. The molecule has 0 heterocycles. The maximum Gasteiger partial charge on any atom is 0.351 e. The second kappa shape index (κ2) is 7.45. The van der Waals surface area contributed by atoms with E-state index < -0.39 is 5.97 Å². The lowest BCUT2D eigenvalue weighted by Gasteiger charge is -1.95. The summed E-state index contributed by atoms with van der Waals surface area (Å²) in [7, 11) is 0. The van der Waals surface area contributed by atoms with Gasteiger partial charge in [0, 0.05) is 5.69 Å². The molecule has 0 aliphatic heterocycles. The highest BCUT2D eigenvalue weighted by Gasteiger charge is 2.00. The zero-order valence-corrected chi connectivity index (χ0v) is 9.91. The Morgan fingerprint density at radius 1 is 1.38 bits per heavy atom. The average Bonchev–Trinajstić information content (AvgIpc) is 2.24. The van der Waals surface area contributed by atoms with Crippen LogP contribution in [0.15, 0.2) is 24.3 Å². The number of carbonyl (C=O) groups is 1. The minimum Gasteiger partial charge on any atom is -0.462 e. The van der Waals surface area contributed by atoms with Gasteiger partial charge in [-0.25, -0.2) is 4.79 Å². The van der Waals surface area contributed by atoms with E-state index in [1.165, 1.54) is 12.5 Å². The van der Waals surface area contributed by atoms with Gasteiger partial charge in [0.05, 0.1) is 6.61 Å². The fourth-order valence-electron chi connectivity index (χ4n) is 0.806. The van der Waals surface area contributed by atoms with E-state index in [2.05, 4.69) is 4.74 Å². The van der Waals surface area contributed by atoms with E-state index in [4.69, 9.17) is 11.1 Å². The summed E-state index contributed by atoms with van der Waals surface area (Å²) in [5, 5.41) is 6.73. The van der Waals surface area contributed by atoms with Crippen LogP contribution in [-0.4, -0.2) is 18.3 Å². The Labute approximate surface area is 95.9 Å². The van der Waals surface area contributed by atoms with Crippen molar-refractivity contribution in [2.75, 3.05) is 12.3 Å². The predicted octanol–water partition coefficient (Wildman–Crippen LogP) is 2.17. The van der Waals surface area contributed by atoms with Crippen molar-refractivity contribution in [2.24, 2.45) is 0 Å². The Kier molecular flexibility index (Phi) is 6.59. The standard InChI is InChI=1S/C7H9N.C5H9NO2/c1-6-2-4-7(8)5-3-6;1-3-8-5(7)4(2)6/h2-5H,8H2,1H3;6H,3H2,1-2H3. The van der Waals surface area contributed by atoms with Crippen molar-refractivity contribution in [1.82, 2.24) is 0 Å². The van der Waals surface area contributed by atoms with Gasteiger partial charge in [-0.3, -0.25) is 5.41 Å². The quantitative estimate of drug-likeness (QED) is 0.457. The van der Waals surface area contributed by atoms with Crippen LogP contribution in [0.3, 0.4) is 0 Å². The molecule has 0 atom stereocenters. The molecule has 0 fully saturated rings. The van der Waals surface area contributed by atoms with Crippen molar-refractivity contribution < 1.29 is 9.53 Å². The van der Waals surface area contributed by atoms with Crippen LogP contribution in [0.1, 0.15) is 19.4 Å². The van der Waals surface area contributed by atoms with Crippen LogP contribution in [-0.2, 0) is 9.53 Å². The highest BCUT2D eigenvalue weighted by molar-refractivity contribution is 6.33. The molecule has 88 valence electrons. The molecule has 0 aliphatic carbocycles. The number of esters is 1. The normalized spacial score (nSPS) is 8.69. The summed E-state index contributed by atoms with van der Waals surface area (Å²) in [4.78, 5) is 10.3. The molecule has 4 nitrogen and oxygen atoms in total. The molecule has 1 aromatic carbocycles. The third kappa shape index (κ3) is 6.59. The number of nitrogens with two attached hydrogens (primary N) is 1. The lowest BCUT2D eigenvalue weighted by Crippen LogP contribution is -2.12. The van der Waals surface area contributed by atoms with Gasteiger partial charge < -0.3 is 10.5 Å². The van der Waals surface area contributed by atoms with Crippen molar-refractivity contribution in [3.05, 3.63) is 29.8 Å². The molecular formula is C12H18N2O2. The Bertz CT molecular complexity index is 324. The molecule has 1 rings (SSSR count). The first-order chi connectivity index (χ1) is 7.47. The molecule has 0 saturated carbocycles. The Hall–Kier alpha value is -1.84. The van der Waals surface area contributed by atoms with E-state index in [9.17, 15) is 4.79 Å². The summed E-state index contributed by atoms with van der Waals surface area (Å²) in [5.74, 6) is -0.535. The Balaban J connectivity index is 0.000000281. The number of nitrogen functional groups attached to an aromatic ring is 1. The lowest BCUT2D eigenvalue weighted by molar-refractivity contribution is -0.135. The van der Waals surface area contributed by atoms with Gasteiger partial charge in [0.2, 0.25) is 0 Å². The van der Waals surface area contributed by atoms with E-state index >= 15 is 0 Å². The van der Waals surface area contributed by atoms with Gasteiger partial charge in [0.1, 0.15) is 5.71 Å². The molecule has 0 bridgehead atoms. The van der Waals surface area contributed by atoms with E-state index in [-0.39, 0.29) is 5.71 Å². The number of hydrogen-bond donors (Lipinski definition) is 2. The predicted molar refractivity (Wildman–Crippen MR) is 65.6 cm³/mol. The number of ether oxygens (including phenoxy) is 1. The lowest BCUT2D eigenvalue weighted by atomic mass is 10.2. The van der Waals surface area contributed by atoms with Crippen LogP contribution in [0.4, 0.5) is 5.69 Å².